The standard InChI is InChI=1S/C18H20FNO2.C17H20FNO/c1-22-18(21)17(19)14-20(12-15-8-4-2-5-9-15)13-16-10-6-3-7-11-16;18-17(14-20)13-19(11-15-7-3-1-4-8-15)12-16-9-5-2-6-10-16/h2-11,17H,12-14H2,1H3;1-10,17,20H,11-14H2. The Morgan fingerprint density at radius 2 is 0.929 bits per heavy atom. The highest BCUT2D eigenvalue weighted by Crippen LogP contribution is 2.13. The molecule has 7 heteroatoms. The van der Waals surface area contributed by atoms with E-state index in [4.69, 9.17) is 5.11 Å². The van der Waals surface area contributed by atoms with Crippen LogP contribution in [0, 0.1) is 0 Å². The molecule has 222 valence electrons. The second kappa shape index (κ2) is 18.5. The third-order valence-electron chi connectivity index (χ3n) is 6.53. The molecule has 0 amide bonds. The van der Waals surface area contributed by atoms with Crippen LogP contribution >= 0.6 is 0 Å². The zero-order valence-corrected chi connectivity index (χ0v) is 24.1. The molecule has 0 radical (unpaired) electrons. The molecule has 0 heterocycles. The van der Waals surface area contributed by atoms with Gasteiger partial charge >= 0.3 is 5.97 Å². The van der Waals surface area contributed by atoms with Crippen molar-refractivity contribution in [2.75, 3.05) is 26.8 Å². The predicted octanol–water partition coefficient (Wildman–Crippen LogP) is 6.22. The van der Waals surface area contributed by atoms with Crippen molar-refractivity contribution in [3.63, 3.8) is 0 Å². The van der Waals surface area contributed by atoms with Crippen LogP contribution in [-0.4, -0.2) is 60.0 Å². The molecule has 0 spiro atoms. The number of halogens is 2. The van der Waals surface area contributed by atoms with E-state index in [1.165, 1.54) is 7.11 Å². The van der Waals surface area contributed by atoms with Crippen molar-refractivity contribution in [3.05, 3.63) is 144 Å². The van der Waals surface area contributed by atoms with Gasteiger partial charge in [-0.25, -0.2) is 13.6 Å². The van der Waals surface area contributed by atoms with Gasteiger partial charge in [0.05, 0.1) is 13.7 Å². The van der Waals surface area contributed by atoms with Gasteiger partial charge in [-0.2, -0.15) is 0 Å². The molecule has 0 aliphatic heterocycles. The predicted molar refractivity (Wildman–Crippen MR) is 163 cm³/mol. The number of rotatable bonds is 14. The average molecular weight is 575 g/mol. The summed E-state index contributed by atoms with van der Waals surface area (Å²) in [7, 11) is 1.20. The first-order valence-corrected chi connectivity index (χ1v) is 14.0. The topological polar surface area (TPSA) is 53.0 Å². The van der Waals surface area contributed by atoms with Crippen molar-refractivity contribution >= 4 is 5.97 Å². The lowest BCUT2D eigenvalue weighted by Crippen LogP contribution is -2.34. The van der Waals surface area contributed by atoms with Crippen LogP contribution in [0.25, 0.3) is 0 Å². The second-order valence-electron chi connectivity index (χ2n) is 10.1. The number of ether oxygens (including phenoxy) is 1. The van der Waals surface area contributed by atoms with Gasteiger partial charge in [-0.05, 0) is 22.3 Å². The number of carbonyl (C=O) groups is 1. The van der Waals surface area contributed by atoms with Crippen LogP contribution in [0.15, 0.2) is 121 Å². The van der Waals surface area contributed by atoms with E-state index in [0.29, 0.717) is 26.2 Å². The summed E-state index contributed by atoms with van der Waals surface area (Å²) in [6, 6.07) is 39.6. The molecule has 0 bridgehead atoms. The SMILES string of the molecule is COC(=O)C(F)CN(Cc1ccccc1)Cc1ccccc1.OCC(F)CN(Cc1ccccc1)Cc1ccccc1. The van der Waals surface area contributed by atoms with Gasteiger partial charge in [0.15, 0.2) is 0 Å². The summed E-state index contributed by atoms with van der Waals surface area (Å²) in [5.74, 6) is -0.828. The first-order chi connectivity index (χ1) is 20.5. The summed E-state index contributed by atoms with van der Waals surface area (Å²) in [6.07, 6.45) is -2.85. The van der Waals surface area contributed by atoms with E-state index in [0.717, 1.165) is 22.3 Å². The fourth-order valence-electron chi connectivity index (χ4n) is 4.50. The molecule has 4 aromatic rings. The highest BCUT2D eigenvalue weighted by molar-refractivity contribution is 5.74. The fraction of sp³-hybridized carbons (Fsp3) is 0.286. The summed E-state index contributed by atoms with van der Waals surface area (Å²) in [5.41, 5.74) is 4.45. The minimum atomic E-state index is -1.64. The van der Waals surface area contributed by atoms with E-state index in [2.05, 4.69) is 4.74 Å². The number of alkyl halides is 2. The van der Waals surface area contributed by atoms with Crippen molar-refractivity contribution < 1.29 is 23.4 Å². The van der Waals surface area contributed by atoms with Crippen LogP contribution in [0.5, 0.6) is 0 Å². The number of hydrogen-bond acceptors (Lipinski definition) is 5. The molecule has 0 fully saturated rings. The minimum absolute atomic E-state index is 0.0104. The summed E-state index contributed by atoms with van der Waals surface area (Å²) in [4.78, 5) is 15.3. The van der Waals surface area contributed by atoms with Crippen LogP contribution in [0.4, 0.5) is 8.78 Å². The molecule has 4 aromatic carbocycles. The van der Waals surface area contributed by atoms with Crippen molar-refractivity contribution in [2.24, 2.45) is 0 Å². The molecule has 42 heavy (non-hydrogen) atoms. The number of methoxy groups -OCH3 is 1. The molecule has 2 atom stereocenters. The Kier molecular flexibility index (Phi) is 14.4. The maximum atomic E-state index is 13.9. The number of aliphatic hydroxyl groups excluding tert-OH is 1. The third kappa shape index (κ3) is 12.3. The number of aliphatic hydroxyl groups is 1. The third-order valence-corrected chi connectivity index (χ3v) is 6.53. The van der Waals surface area contributed by atoms with Gasteiger partial charge in [-0.15, -0.1) is 0 Å². The summed E-state index contributed by atoms with van der Waals surface area (Å²) in [5, 5.41) is 8.91. The smallest absolute Gasteiger partial charge is 0.341 e. The maximum absolute atomic E-state index is 13.9. The molecular weight excluding hydrogens is 534 g/mol. The molecule has 0 aromatic heterocycles. The monoisotopic (exact) mass is 574 g/mol. The van der Waals surface area contributed by atoms with Gasteiger partial charge in [0.1, 0.15) is 6.17 Å². The van der Waals surface area contributed by atoms with Crippen LogP contribution in [0.2, 0.25) is 0 Å². The Bertz CT molecular complexity index is 1180. The van der Waals surface area contributed by atoms with E-state index in [1.54, 1.807) is 0 Å². The van der Waals surface area contributed by atoms with Crippen molar-refractivity contribution in [1.29, 1.82) is 0 Å². The Balaban J connectivity index is 0.000000231. The van der Waals surface area contributed by atoms with Gasteiger partial charge < -0.3 is 9.84 Å². The Labute approximate surface area is 248 Å². The van der Waals surface area contributed by atoms with E-state index in [1.807, 2.05) is 131 Å². The van der Waals surface area contributed by atoms with E-state index < -0.39 is 24.9 Å². The second-order valence-corrected chi connectivity index (χ2v) is 10.1. The minimum Gasteiger partial charge on any atom is -0.467 e. The number of hydrogen-bond donors (Lipinski definition) is 1. The molecule has 0 aliphatic carbocycles. The van der Waals surface area contributed by atoms with Crippen molar-refractivity contribution in [2.45, 2.75) is 38.5 Å². The normalized spacial score (nSPS) is 12.3. The number of benzene rings is 4. The maximum Gasteiger partial charge on any atom is 0.341 e. The van der Waals surface area contributed by atoms with Crippen LogP contribution in [0.3, 0.4) is 0 Å². The summed E-state index contributed by atoms with van der Waals surface area (Å²) < 4.78 is 31.9. The lowest BCUT2D eigenvalue weighted by atomic mass is 10.1. The molecule has 0 aliphatic rings. The Morgan fingerprint density at radius 3 is 1.21 bits per heavy atom. The molecule has 0 saturated carbocycles. The number of nitrogens with zero attached hydrogens (tertiary/aromatic N) is 2. The van der Waals surface area contributed by atoms with E-state index in [9.17, 15) is 13.6 Å². The molecule has 5 nitrogen and oxygen atoms in total. The van der Waals surface area contributed by atoms with E-state index >= 15 is 0 Å². The van der Waals surface area contributed by atoms with Gasteiger partial charge in [0.25, 0.3) is 0 Å². The summed E-state index contributed by atoms with van der Waals surface area (Å²) in [6.45, 7) is 2.32. The fourth-order valence-corrected chi connectivity index (χ4v) is 4.50. The zero-order valence-electron chi connectivity index (χ0n) is 24.1. The molecule has 2 unspecified atom stereocenters. The average Bonchev–Trinajstić information content (AvgIpc) is 3.02. The highest BCUT2D eigenvalue weighted by Gasteiger charge is 2.22. The van der Waals surface area contributed by atoms with Crippen LogP contribution < -0.4 is 0 Å². The zero-order chi connectivity index (χ0) is 30.0. The quantitative estimate of drug-likeness (QED) is 0.181. The Hall–Kier alpha value is -3.91. The number of esters is 1. The molecule has 4 rings (SSSR count). The molecule has 1 N–H and O–H groups in total. The summed E-state index contributed by atoms with van der Waals surface area (Å²) >= 11 is 0. The number of carbonyl (C=O) groups excluding carboxylic acids is 1. The van der Waals surface area contributed by atoms with Crippen LogP contribution in [-0.2, 0) is 35.7 Å². The van der Waals surface area contributed by atoms with Gasteiger partial charge in [0, 0.05) is 39.3 Å². The first-order valence-electron chi connectivity index (χ1n) is 14.0. The lowest BCUT2D eigenvalue weighted by Gasteiger charge is -2.23. The van der Waals surface area contributed by atoms with Crippen molar-refractivity contribution in [3.8, 4) is 0 Å². The Morgan fingerprint density at radius 1 is 0.619 bits per heavy atom. The van der Waals surface area contributed by atoms with Crippen molar-refractivity contribution in [1.82, 2.24) is 9.80 Å². The van der Waals surface area contributed by atoms with E-state index in [-0.39, 0.29) is 13.1 Å². The molecule has 0 saturated heterocycles. The van der Waals surface area contributed by atoms with Gasteiger partial charge in [0.2, 0.25) is 6.17 Å². The first kappa shape index (κ1) is 32.6. The van der Waals surface area contributed by atoms with Gasteiger partial charge in [-0.3, -0.25) is 9.80 Å². The molecular formula is C35H40F2N2O3. The lowest BCUT2D eigenvalue weighted by molar-refractivity contribution is -0.147. The van der Waals surface area contributed by atoms with Gasteiger partial charge in [-0.1, -0.05) is 121 Å². The highest BCUT2D eigenvalue weighted by atomic mass is 19.1. The largest absolute Gasteiger partial charge is 0.467 e. The van der Waals surface area contributed by atoms with Crippen LogP contribution in [0.1, 0.15) is 22.3 Å².